The summed E-state index contributed by atoms with van der Waals surface area (Å²) in [6.45, 7) is 1.90. The van der Waals surface area contributed by atoms with Crippen molar-refractivity contribution in [3.8, 4) is 0 Å². The number of halogens is 2. The average molecular weight is 288 g/mol. The van der Waals surface area contributed by atoms with Crippen molar-refractivity contribution in [3.63, 3.8) is 0 Å². The first-order valence-corrected chi connectivity index (χ1v) is 5.90. The zero-order chi connectivity index (χ0) is 15.3. The number of nitro benzene ring substituents is 1. The van der Waals surface area contributed by atoms with Gasteiger partial charge in [0.15, 0.2) is 11.6 Å². The van der Waals surface area contributed by atoms with Crippen LogP contribution in [0.4, 0.5) is 20.2 Å². The molecule has 0 fully saturated rings. The maximum Gasteiger partial charge on any atom is 0.303 e. The lowest BCUT2D eigenvalue weighted by Crippen LogP contribution is -2.14. The summed E-state index contributed by atoms with van der Waals surface area (Å²) in [4.78, 5) is 19.9. The van der Waals surface area contributed by atoms with Gasteiger partial charge in [-0.1, -0.05) is 6.92 Å². The Balaban J connectivity index is 2.69. The molecule has 0 saturated heterocycles. The van der Waals surface area contributed by atoms with E-state index in [2.05, 4.69) is 5.32 Å². The molecule has 0 bridgehead atoms. The fourth-order valence-corrected chi connectivity index (χ4v) is 1.58. The van der Waals surface area contributed by atoms with Gasteiger partial charge in [-0.05, 0) is 12.3 Å². The van der Waals surface area contributed by atoms with Crippen LogP contribution in [0.2, 0.25) is 0 Å². The predicted octanol–water partition coefficient (Wildman–Crippen LogP) is 2.79. The Kier molecular flexibility index (Phi) is 5.36. The summed E-state index contributed by atoms with van der Waals surface area (Å²) in [5, 5.41) is 21.4. The number of nitrogens with one attached hydrogen (secondary N) is 1. The number of carboxylic acids is 1. The van der Waals surface area contributed by atoms with Crippen molar-refractivity contribution in [1.82, 2.24) is 0 Å². The number of benzene rings is 1. The molecule has 0 aromatic heterocycles. The highest BCUT2D eigenvalue weighted by molar-refractivity contribution is 5.66. The van der Waals surface area contributed by atoms with Crippen LogP contribution >= 0.6 is 0 Å². The van der Waals surface area contributed by atoms with E-state index in [0.717, 1.165) is 0 Å². The minimum absolute atomic E-state index is 0.0337. The molecule has 0 aliphatic heterocycles. The van der Waals surface area contributed by atoms with E-state index in [1.165, 1.54) is 0 Å². The SMILES string of the molecule is CC(CCC(=O)O)CNc1c(F)cc([N+](=O)[O-])cc1F. The minimum atomic E-state index is -1.05. The van der Waals surface area contributed by atoms with Crippen LogP contribution in [-0.2, 0) is 4.79 Å². The summed E-state index contributed by atoms with van der Waals surface area (Å²) in [5.41, 5.74) is -1.11. The molecular formula is C12H14F2N2O4. The second kappa shape index (κ2) is 6.78. The zero-order valence-corrected chi connectivity index (χ0v) is 10.7. The van der Waals surface area contributed by atoms with E-state index in [4.69, 9.17) is 5.11 Å². The number of nitro groups is 1. The van der Waals surface area contributed by atoms with E-state index in [9.17, 15) is 23.7 Å². The lowest BCUT2D eigenvalue weighted by Gasteiger charge is -2.13. The highest BCUT2D eigenvalue weighted by atomic mass is 19.1. The Labute approximate surface area is 113 Å². The van der Waals surface area contributed by atoms with Crippen LogP contribution in [0, 0.1) is 27.7 Å². The van der Waals surface area contributed by atoms with Gasteiger partial charge in [0.05, 0.1) is 17.1 Å². The summed E-state index contributed by atoms with van der Waals surface area (Å²) >= 11 is 0. The summed E-state index contributed by atoms with van der Waals surface area (Å²) in [6, 6.07) is 1.26. The van der Waals surface area contributed by atoms with Gasteiger partial charge in [-0.2, -0.15) is 0 Å². The summed E-state index contributed by atoms with van der Waals surface area (Å²) in [5.74, 6) is -3.16. The van der Waals surface area contributed by atoms with Crippen molar-refractivity contribution < 1.29 is 23.6 Å². The van der Waals surface area contributed by atoms with E-state index < -0.39 is 33.9 Å². The number of carbonyl (C=O) groups is 1. The molecule has 20 heavy (non-hydrogen) atoms. The van der Waals surface area contributed by atoms with Gasteiger partial charge in [0.2, 0.25) is 0 Å². The second-order valence-corrected chi connectivity index (χ2v) is 4.46. The number of aliphatic carboxylic acids is 1. The first-order chi connectivity index (χ1) is 9.31. The number of rotatable bonds is 7. The van der Waals surface area contributed by atoms with Crippen LogP contribution in [-0.4, -0.2) is 22.5 Å². The Hall–Kier alpha value is -2.25. The highest BCUT2D eigenvalue weighted by Crippen LogP contribution is 2.25. The van der Waals surface area contributed by atoms with Crippen molar-refractivity contribution in [2.24, 2.45) is 5.92 Å². The topological polar surface area (TPSA) is 92.5 Å². The molecule has 8 heteroatoms. The smallest absolute Gasteiger partial charge is 0.303 e. The third-order valence-corrected chi connectivity index (χ3v) is 2.72. The summed E-state index contributed by atoms with van der Waals surface area (Å²) < 4.78 is 27.1. The maximum atomic E-state index is 13.5. The van der Waals surface area contributed by atoms with E-state index in [1.807, 2.05) is 0 Å². The van der Waals surface area contributed by atoms with Gasteiger partial charge in [-0.15, -0.1) is 0 Å². The van der Waals surface area contributed by atoms with Crippen molar-refractivity contribution in [3.05, 3.63) is 33.9 Å². The molecule has 1 aromatic carbocycles. The van der Waals surface area contributed by atoms with Crippen LogP contribution < -0.4 is 5.32 Å². The Morgan fingerprint density at radius 1 is 1.45 bits per heavy atom. The van der Waals surface area contributed by atoms with E-state index in [1.54, 1.807) is 6.92 Å². The molecule has 110 valence electrons. The number of carboxylic acid groups (broad SMARTS) is 1. The zero-order valence-electron chi connectivity index (χ0n) is 10.7. The van der Waals surface area contributed by atoms with Crippen molar-refractivity contribution in [2.75, 3.05) is 11.9 Å². The molecule has 0 aliphatic rings. The average Bonchev–Trinajstić information content (AvgIpc) is 2.34. The third kappa shape index (κ3) is 4.45. The van der Waals surface area contributed by atoms with E-state index >= 15 is 0 Å². The number of hydrogen-bond donors (Lipinski definition) is 2. The Bertz CT molecular complexity index is 499. The van der Waals surface area contributed by atoms with Crippen LogP contribution in [0.3, 0.4) is 0 Å². The van der Waals surface area contributed by atoms with Crippen molar-refractivity contribution in [2.45, 2.75) is 19.8 Å². The van der Waals surface area contributed by atoms with Gasteiger partial charge in [0.1, 0.15) is 5.69 Å². The molecule has 0 heterocycles. The lowest BCUT2D eigenvalue weighted by molar-refractivity contribution is -0.385. The summed E-state index contributed by atoms with van der Waals surface area (Å²) in [6.07, 6.45) is 0.326. The first kappa shape index (κ1) is 15.8. The fraction of sp³-hybridized carbons (Fsp3) is 0.417. The molecule has 0 amide bonds. The molecule has 1 unspecified atom stereocenters. The van der Waals surface area contributed by atoms with Crippen LogP contribution in [0.25, 0.3) is 0 Å². The molecule has 0 saturated carbocycles. The molecule has 0 aliphatic carbocycles. The van der Waals surface area contributed by atoms with Gasteiger partial charge in [0.25, 0.3) is 5.69 Å². The van der Waals surface area contributed by atoms with E-state index in [-0.39, 0.29) is 18.9 Å². The molecule has 1 aromatic rings. The molecule has 1 atom stereocenters. The minimum Gasteiger partial charge on any atom is -0.481 e. The van der Waals surface area contributed by atoms with Crippen LogP contribution in [0.15, 0.2) is 12.1 Å². The van der Waals surface area contributed by atoms with Gasteiger partial charge in [-0.25, -0.2) is 8.78 Å². The van der Waals surface area contributed by atoms with Gasteiger partial charge in [-0.3, -0.25) is 14.9 Å². The second-order valence-electron chi connectivity index (χ2n) is 4.46. The Morgan fingerprint density at radius 2 is 2.00 bits per heavy atom. The molecule has 2 N–H and O–H groups in total. The fourth-order valence-electron chi connectivity index (χ4n) is 1.58. The standard InChI is InChI=1S/C12H14F2N2O4/c1-7(2-3-11(17)18)6-15-12-9(13)4-8(16(19)20)5-10(12)14/h4-5,7,15H,2-3,6H2,1H3,(H,17,18). The molecule has 0 spiro atoms. The maximum absolute atomic E-state index is 13.5. The van der Waals surface area contributed by atoms with Crippen LogP contribution in [0.1, 0.15) is 19.8 Å². The highest BCUT2D eigenvalue weighted by Gasteiger charge is 2.17. The summed E-state index contributed by atoms with van der Waals surface area (Å²) in [7, 11) is 0. The van der Waals surface area contributed by atoms with Gasteiger partial charge >= 0.3 is 5.97 Å². The number of anilines is 1. The molecule has 1 rings (SSSR count). The number of hydrogen-bond acceptors (Lipinski definition) is 4. The molecule has 0 radical (unpaired) electrons. The number of nitrogens with zero attached hydrogens (tertiary/aromatic N) is 1. The van der Waals surface area contributed by atoms with Gasteiger partial charge in [0, 0.05) is 13.0 Å². The van der Waals surface area contributed by atoms with Crippen molar-refractivity contribution >= 4 is 17.3 Å². The lowest BCUT2D eigenvalue weighted by atomic mass is 10.1. The largest absolute Gasteiger partial charge is 0.481 e. The Morgan fingerprint density at radius 3 is 2.45 bits per heavy atom. The van der Waals surface area contributed by atoms with Crippen molar-refractivity contribution in [1.29, 1.82) is 0 Å². The third-order valence-electron chi connectivity index (χ3n) is 2.72. The number of non-ortho nitro benzene ring substituents is 1. The first-order valence-electron chi connectivity index (χ1n) is 5.90. The quantitative estimate of drug-likeness (QED) is 0.594. The molecular weight excluding hydrogens is 274 g/mol. The van der Waals surface area contributed by atoms with E-state index in [0.29, 0.717) is 18.6 Å². The monoisotopic (exact) mass is 288 g/mol. The van der Waals surface area contributed by atoms with Crippen LogP contribution in [0.5, 0.6) is 0 Å². The predicted molar refractivity (Wildman–Crippen MR) is 67.5 cm³/mol. The van der Waals surface area contributed by atoms with Gasteiger partial charge < -0.3 is 10.4 Å². The molecule has 6 nitrogen and oxygen atoms in total. The normalized spacial score (nSPS) is 11.9.